The number of nitrogen functional groups attached to an aromatic ring is 1. The van der Waals surface area contributed by atoms with Crippen LogP contribution in [-0.2, 0) is 0 Å². The first-order chi connectivity index (χ1) is 9.17. The minimum Gasteiger partial charge on any atom is -0.389 e. The lowest BCUT2D eigenvalue weighted by atomic mass is 10.1. The third-order valence-electron chi connectivity index (χ3n) is 2.58. The van der Waals surface area contributed by atoms with E-state index in [4.69, 9.17) is 5.84 Å². The summed E-state index contributed by atoms with van der Waals surface area (Å²) in [6.07, 6.45) is 0. The van der Waals surface area contributed by atoms with E-state index in [1.165, 1.54) is 30.1 Å². The van der Waals surface area contributed by atoms with Gasteiger partial charge in [0.2, 0.25) is 0 Å². The van der Waals surface area contributed by atoms with Gasteiger partial charge in [0.05, 0.1) is 16.1 Å². The summed E-state index contributed by atoms with van der Waals surface area (Å²) in [5, 5.41) is 20.6. The second-order valence-electron chi connectivity index (χ2n) is 5.07. The number of carbonyl (C=O) groups is 1. The molecule has 0 saturated heterocycles. The van der Waals surface area contributed by atoms with E-state index in [0.717, 1.165) is 0 Å². The summed E-state index contributed by atoms with van der Waals surface area (Å²) in [4.78, 5) is 23.8. The van der Waals surface area contributed by atoms with Gasteiger partial charge in [0.1, 0.15) is 5.69 Å². The SMILES string of the molecule is CN(CC(C)(C)O)C(=O)c1cccc([N+](=O)[O-])c1NN. The molecule has 0 radical (unpaired) electrons. The van der Waals surface area contributed by atoms with Gasteiger partial charge in [0.15, 0.2) is 0 Å². The molecule has 8 nitrogen and oxygen atoms in total. The molecule has 1 rings (SSSR count). The third-order valence-corrected chi connectivity index (χ3v) is 2.58. The topological polar surface area (TPSA) is 122 Å². The number of anilines is 1. The summed E-state index contributed by atoms with van der Waals surface area (Å²) in [5.41, 5.74) is 0.868. The van der Waals surface area contributed by atoms with Gasteiger partial charge in [0, 0.05) is 19.7 Å². The maximum Gasteiger partial charge on any atom is 0.294 e. The number of nitrogens with zero attached hydrogens (tertiary/aromatic N) is 2. The molecule has 1 amide bonds. The molecule has 0 aliphatic rings. The van der Waals surface area contributed by atoms with Gasteiger partial charge in [0.25, 0.3) is 11.6 Å². The van der Waals surface area contributed by atoms with Gasteiger partial charge in [-0.25, -0.2) is 0 Å². The fraction of sp³-hybridized carbons (Fsp3) is 0.417. The average Bonchev–Trinajstić information content (AvgIpc) is 2.34. The van der Waals surface area contributed by atoms with Gasteiger partial charge in [-0.3, -0.25) is 20.8 Å². The Morgan fingerprint density at radius 2 is 2.15 bits per heavy atom. The molecule has 20 heavy (non-hydrogen) atoms. The van der Waals surface area contributed by atoms with E-state index in [2.05, 4.69) is 5.43 Å². The molecule has 0 spiro atoms. The highest BCUT2D eigenvalue weighted by Gasteiger charge is 2.25. The van der Waals surface area contributed by atoms with Gasteiger partial charge < -0.3 is 15.4 Å². The average molecular weight is 282 g/mol. The summed E-state index contributed by atoms with van der Waals surface area (Å²) in [7, 11) is 1.50. The second kappa shape index (κ2) is 5.85. The van der Waals surface area contributed by atoms with Crippen LogP contribution in [0.25, 0.3) is 0 Å². The molecule has 0 saturated carbocycles. The maximum absolute atomic E-state index is 12.3. The first-order valence-electron chi connectivity index (χ1n) is 5.89. The smallest absolute Gasteiger partial charge is 0.294 e. The van der Waals surface area contributed by atoms with E-state index in [-0.39, 0.29) is 23.5 Å². The number of hydrogen-bond donors (Lipinski definition) is 3. The molecule has 0 aliphatic carbocycles. The predicted octanol–water partition coefficient (Wildman–Crippen LogP) is 0.723. The molecule has 1 aromatic rings. The van der Waals surface area contributed by atoms with E-state index < -0.39 is 16.4 Å². The summed E-state index contributed by atoms with van der Waals surface area (Å²) < 4.78 is 0. The Hall–Kier alpha value is -2.19. The number of amides is 1. The Balaban J connectivity index is 3.16. The fourth-order valence-electron chi connectivity index (χ4n) is 1.88. The van der Waals surface area contributed by atoms with Gasteiger partial charge in [-0.2, -0.15) is 0 Å². The Morgan fingerprint density at radius 3 is 2.60 bits per heavy atom. The van der Waals surface area contributed by atoms with Crippen LogP contribution in [0.5, 0.6) is 0 Å². The number of nitrogens with one attached hydrogen (secondary N) is 1. The van der Waals surface area contributed by atoms with E-state index in [9.17, 15) is 20.0 Å². The normalized spacial score (nSPS) is 11.1. The highest BCUT2D eigenvalue weighted by atomic mass is 16.6. The van der Waals surface area contributed by atoms with Crippen LogP contribution < -0.4 is 11.3 Å². The molecule has 0 heterocycles. The number of carbonyl (C=O) groups excluding carboxylic acids is 1. The summed E-state index contributed by atoms with van der Waals surface area (Å²) >= 11 is 0. The van der Waals surface area contributed by atoms with Crippen LogP contribution >= 0.6 is 0 Å². The minimum absolute atomic E-state index is 0.0508. The largest absolute Gasteiger partial charge is 0.389 e. The first kappa shape index (κ1) is 15.9. The zero-order valence-corrected chi connectivity index (χ0v) is 11.6. The molecule has 4 N–H and O–H groups in total. The van der Waals surface area contributed by atoms with Crippen LogP contribution in [0, 0.1) is 10.1 Å². The number of para-hydroxylation sites is 1. The zero-order chi connectivity index (χ0) is 15.5. The van der Waals surface area contributed by atoms with Crippen molar-refractivity contribution in [3.05, 3.63) is 33.9 Å². The second-order valence-corrected chi connectivity index (χ2v) is 5.07. The third kappa shape index (κ3) is 3.65. The Morgan fingerprint density at radius 1 is 1.55 bits per heavy atom. The Kier molecular flexibility index (Phi) is 4.64. The van der Waals surface area contributed by atoms with Crippen molar-refractivity contribution in [2.45, 2.75) is 19.4 Å². The molecule has 0 fully saturated rings. The Bertz CT molecular complexity index is 525. The first-order valence-corrected chi connectivity index (χ1v) is 5.89. The van der Waals surface area contributed by atoms with E-state index in [0.29, 0.717) is 0 Å². The van der Waals surface area contributed by atoms with Crippen LogP contribution in [0.4, 0.5) is 11.4 Å². The number of benzene rings is 1. The minimum atomic E-state index is -1.07. The zero-order valence-electron chi connectivity index (χ0n) is 11.6. The number of aliphatic hydroxyl groups is 1. The van der Waals surface area contributed by atoms with Crippen molar-refractivity contribution >= 4 is 17.3 Å². The molecule has 0 atom stereocenters. The standard InChI is InChI=1S/C12H18N4O4/c1-12(2,18)7-15(3)11(17)8-5-4-6-9(16(19)20)10(8)14-13/h4-6,14,18H,7,13H2,1-3H3. The highest BCUT2D eigenvalue weighted by Crippen LogP contribution is 2.28. The van der Waals surface area contributed by atoms with Gasteiger partial charge >= 0.3 is 0 Å². The summed E-state index contributed by atoms with van der Waals surface area (Å²) in [5.74, 6) is 4.81. The fourth-order valence-corrected chi connectivity index (χ4v) is 1.88. The van der Waals surface area contributed by atoms with Crippen molar-refractivity contribution in [1.82, 2.24) is 4.90 Å². The maximum atomic E-state index is 12.3. The van der Waals surface area contributed by atoms with Crippen LogP contribution in [-0.4, -0.2) is 40.0 Å². The number of hydrazine groups is 1. The van der Waals surface area contributed by atoms with Gasteiger partial charge in [-0.05, 0) is 19.9 Å². The molecular formula is C12H18N4O4. The van der Waals surface area contributed by atoms with Gasteiger partial charge in [-0.1, -0.05) is 6.07 Å². The summed E-state index contributed by atoms with van der Waals surface area (Å²) in [6, 6.07) is 4.09. The molecule has 0 aromatic heterocycles. The van der Waals surface area contributed by atoms with Crippen LogP contribution in [0.3, 0.4) is 0 Å². The van der Waals surface area contributed by atoms with Crippen LogP contribution in [0.15, 0.2) is 18.2 Å². The van der Waals surface area contributed by atoms with Crippen LogP contribution in [0.1, 0.15) is 24.2 Å². The molecule has 8 heteroatoms. The molecule has 110 valence electrons. The molecule has 0 aliphatic heterocycles. The summed E-state index contributed by atoms with van der Waals surface area (Å²) in [6.45, 7) is 3.21. The van der Waals surface area contributed by atoms with E-state index in [1.807, 2.05) is 0 Å². The predicted molar refractivity (Wildman–Crippen MR) is 74.2 cm³/mol. The molecule has 0 unspecified atom stereocenters. The number of hydrogen-bond acceptors (Lipinski definition) is 6. The van der Waals surface area contributed by atoms with E-state index in [1.54, 1.807) is 13.8 Å². The van der Waals surface area contributed by atoms with Crippen molar-refractivity contribution in [1.29, 1.82) is 0 Å². The van der Waals surface area contributed by atoms with Crippen molar-refractivity contribution in [2.75, 3.05) is 19.0 Å². The lowest BCUT2D eigenvalue weighted by Gasteiger charge is -2.26. The van der Waals surface area contributed by atoms with Crippen molar-refractivity contribution in [3.8, 4) is 0 Å². The number of nitro benzene ring substituents is 1. The molecule has 1 aromatic carbocycles. The van der Waals surface area contributed by atoms with Crippen molar-refractivity contribution < 1.29 is 14.8 Å². The van der Waals surface area contributed by atoms with Crippen molar-refractivity contribution in [2.24, 2.45) is 5.84 Å². The molecular weight excluding hydrogens is 264 g/mol. The number of rotatable bonds is 5. The Labute approximate surface area is 116 Å². The highest BCUT2D eigenvalue weighted by molar-refractivity contribution is 6.01. The van der Waals surface area contributed by atoms with E-state index >= 15 is 0 Å². The molecule has 0 bridgehead atoms. The van der Waals surface area contributed by atoms with Gasteiger partial charge in [-0.15, -0.1) is 0 Å². The lowest BCUT2D eigenvalue weighted by molar-refractivity contribution is -0.384. The quantitative estimate of drug-likeness (QED) is 0.415. The number of likely N-dealkylation sites (N-methyl/N-ethyl adjacent to an activating group) is 1. The number of nitro groups is 1. The van der Waals surface area contributed by atoms with Crippen molar-refractivity contribution in [3.63, 3.8) is 0 Å². The number of nitrogens with two attached hydrogens (primary N) is 1. The van der Waals surface area contributed by atoms with Crippen LogP contribution in [0.2, 0.25) is 0 Å². The lowest BCUT2D eigenvalue weighted by Crippen LogP contribution is -2.40. The monoisotopic (exact) mass is 282 g/mol.